The van der Waals surface area contributed by atoms with Crippen LogP contribution in [0.4, 0.5) is 0 Å². The zero-order chi connectivity index (χ0) is 17.1. The molecular weight excluding hydrogens is 310 g/mol. The van der Waals surface area contributed by atoms with Gasteiger partial charge in [-0.3, -0.25) is 0 Å². The molecule has 3 aromatic rings. The number of carbonyl (C=O) groups excluding carboxylic acids is 1. The highest BCUT2D eigenvalue weighted by atomic mass is 16.5. The van der Waals surface area contributed by atoms with Crippen molar-refractivity contribution in [1.82, 2.24) is 4.98 Å². The average molecular weight is 324 g/mol. The molecule has 24 heavy (non-hydrogen) atoms. The van der Waals surface area contributed by atoms with Gasteiger partial charge >= 0.3 is 0 Å². The van der Waals surface area contributed by atoms with Crippen LogP contribution in [0.25, 0.3) is 22.7 Å². The van der Waals surface area contributed by atoms with E-state index < -0.39 is 5.97 Å². The van der Waals surface area contributed by atoms with Crippen molar-refractivity contribution in [3.05, 3.63) is 53.9 Å². The van der Waals surface area contributed by atoms with Crippen LogP contribution in [0.5, 0.6) is 11.5 Å². The number of carboxylic acids is 1. The Bertz CT molecular complexity index is 893. The van der Waals surface area contributed by atoms with Gasteiger partial charge in [-0.05, 0) is 35.9 Å². The van der Waals surface area contributed by atoms with Crippen LogP contribution in [0.1, 0.15) is 17.9 Å². The summed E-state index contributed by atoms with van der Waals surface area (Å²) in [6.07, 6.45) is 1.26. The third-order valence-electron chi connectivity index (χ3n) is 3.45. The van der Waals surface area contributed by atoms with E-state index in [9.17, 15) is 15.0 Å². The van der Waals surface area contributed by atoms with Crippen LogP contribution in [0, 0.1) is 0 Å². The summed E-state index contributed by atoms with van der Waals surface area (Å²) in [7, 11) is 1.44. The number of phenolic OH excluding ortho intramolecular Hbond substituents is 1. The number of methoxy groups -OCH3 is 1. The molecule has 0 fully saturated rings. The lowest BCUT2D eigenvalue weighted by molar-refractivity contribution is -0.304. The molecule has 1 N–H and O–H groups in total. The van der Waals surface area contributed by atoms with Gasteiger partial charge in [0.05, 0.1) is 7.11 Å². The predicted molar refractivity (Wildman–Crippen MR) is 86.2 cm³/mol. The highest BCUT2D eigenvalue weighted by molar-refractivity contribution is 5.90. The van der Waals surface area contributed by atoms with Gasteiger partial charge in [0.2, 0.25) is 5.89 Å². The molecule has 0 atom stereocenters. The van der Waals surface area contributed by atoms with Crippen molar-refractivity contribution in [1.29, 1.82) is 0 Å². The first-order chi connectivity index (χ1) is 11.6. The fraction of sp³-hybridized carbons (Fsp3) is 0.111. The second-order valence-electron chi connectivity index (χ2n) is 5.14. The first kappa shape index (κ1) is 15.6. The average Bonchev–Trinajstić information content (AvgIpc) is 2.99. The number of benzene rings is 2. The number of phenols is 1. The number of rotatable bonds is 5. The van der Waals surface area contributed by atoms with Crippen molar-refractivity contribution >= 4 is 28.7 Å². The number of aliphatic carboxylic acids is 1. The molecule has 2 aromatic carbocycles. The van der Waals surface area contributed by atoms with Crippen molar-refractivity contribution in [2.45, 2.75) is 6.42 Å². The Morgan fingerprint density at radius 3 is 2.83 bits per heavy atom. The largest absolute Gasteiger partial charge is 0.550 e. The van der Waals surface area contributed by atoms with Gasteiger partial charge in [-0.2, -0.15) is 0 Å². The molecular formula is C18H14NO5-. The molecule has 0 saturated carbocycles. The number of hydrogen-bond acceptors (Lipinski definition) is 6. The summed E-state index contributed by atoms with van der Waals surface area (Å²) in [6, 6.07) is 11.9. The van der Waals surface area contributed by atoms with E-state index in [1.807, 2.05) is 12.1 Å². The Hall–Kier alpha value is -3.28. The van der Waals surface area contributed by atoms with Gasteiger partial charge in [0.25, 0.3) is 0 Å². The third-order valence-corrected chi connectivity index (χ3v) is 3.45. The Morgan fingerprint density at radius 2 is 2.12 bits per heavy atom. The standard InChI is InChI=1S/C18H15NO5/c1-23-16-9-11(6-7-14(16)20)8-12(10-17(21)22)18-19-13-4-2-3-5-15(13)24-18/h2-9,20H,10H2,1H3,(H,21,22)/p-1/b12-8+. The summed E-state index contributed by atoms with van der Waals surface area (Å²) in [5, 5.41) is 20.7. The van der Waals surface area contributed by atoms with Crippen LogP contribution in [-0.2, 0) is 4.79 Å². The number of fused-ring (bicyclic) bond motifs is 1. The van der Waals surface area contributed by atoms with Crippen LogP contribution >= 0.6 is 0 Å². The van der Waals surface area contributed by atoms with Gasteiger partial charge in [0.1, 0.15) is 5.52 Å². The molecule has 3 rings (SSSR count). The number of para-hydroxylation sites is 2. The fourth-order valence-corrected chi connectivity index (χ4v) is 2.34. The molecule has 122 valence electrons. The highest BCUT2D eigenvalue weighted by Gasteiger charge is 2.12. The zero-order valence-electron chi connectivity index (χ0n) is 12.9. The fourth-order valence-electron chi connectivity index (χ4n) is 2.34. The number of hydrogen-bond donors (Lipinski definition) is 1. The van der Waals surface area contributed by atoms with Gasteiger partial charge in [0.15, 0.2) is 17.1 Å². The summed E-state index contributed by atoms with van der Waals surface area (Å²) in [5.41, 5.74) is 2.21. The molecule has 0 unspecified atom stereocenters. The first-order valence-electron chi connectivity index (χ1n) is 7.20. The number of carbonyl (C=O) groups is 1. The second kappa shape index (κ2) is 6.45. The summed E-state index contributed by atoms with van der Waals surface area (Å²) in [5.74, 6) is -0.742. The van der Waals surface area contributed by atoms with Gasteiger partial charge in [-0.15, -0.1) is 0 Å². The lowest BCUT2D eigenvalue weighted by Gasteiger charge is -2.07. The zero-order valence-corrected chi connectivity index (χ0v) is 12.9. The van der Waals surface area contributed by atoms with Crippen LogP contribution in [0.15, 0.2) is 46.9 Å². The lowest BCUT2D eigenvalue weighted by Crippen LogP contribution is -2.22. The number of nitrogens with zero attached hydrogens (tertiary/aromatic N) is 1. The summed E-state index contributed by atoms with van der Waals surface area (Å²) in [6.45, 7) is 0. The van der Waals surface area contributed by atoms with Crippen molar-refractivity contribution in [3.63, 3.8) is 0 Å². The molecule has 0 radical (unpaired) electrons. The molecule has 0 aliphatic rings. The number of aromatic nitrogens is 1. The molecule has 0 spiro atoms. The predicted octanol–water partition coefficient (Wildman–Crippen LogP) is 2.22. The Labute approximate surface area is 137 Å². The molecule has 1 heterocycles. The molecule has 6 heteroatoms. The number of aromatic hydroxyl groups is 1. The minimum absolute atomic E-state index is 0.00189. The highest BCUT2D eigenvalue weighted by Crippen LogP contribution is 2.30. The van der Waals surface area contributed by atoms with Gasteiger partial charge in [0, 0.05) is 18.0 Å². The monoisotopic (exact) mass is 324 g/mol. The minimum Gasteiger partial charge on any atom is -0.550 e. The maximum absolute atomic E-state index is 11.1. The quantitative estimate of drug-likeness (QED) is 0.773. The molecule has 0 aliphatic heterocycles. The molecule has 1 aromatic heterocycles. The maximum Gasteiger partial charge on any atom is 0.223 e. The summed E-state index contributed by atoms with van der Waals surface area (Å²) < 4.78 is 10.7. The number of oxazole rings is 1. The molecule has 6 nitrogen and oxygen atoms in total. The van der Waals surface area contributed by atoms with Crippen molar-refractivity contribution in [2.75, 3.05) is 7.11 Å². The Morgan fingerprint density at radius 1 is 1.33 bits per heavy atom. The Kier molecular flexibility index (Phi) is 4.20. The Balaban J connectivity index is 2.07. The van der Waals surface area contributed by atoms with E-state index in [0.29, 0.717) is 22.2 Å². The van der Waals surface area contributed by atoms with Crippen LogP contribution in [0.2, 0.25) is 0 Å². The molecule has 0 bridgehead atoms. The van der Waals surface area contributed by atoms with E-state index >= 15 is 0 Å². The number of ether oxygens (including phenoxy) is 1. The maximum atomic E-state index is 11.1. The van der Waals surface area contributed by atoms with Crippen molar-refractivity contribution < 1.29 is 24.2 Å². The van der Waals surface area contributed by atoms with Crippen LogP contribution < -0.4 is 9.84 Å². The van der Waals surface area contributed by atoms with E-state index in [4.69, 9.17) is 9.15 Å². The topological polar surface area (TPSA) is 95.6 Å². The van der Waals surface area contributed by atoms with E-state index in [1.165, 1.54) is 13.2 Å². The molecule has 0 amide bonds. The normalized spacial score (nSPS) is 11.6. The second-order valence-corrected chi connectivity index (χ2v) is 5.14. The number of carboxylic acid groups (broad SMARTS) is 1. The first-order valence-corrected chi connectivity index (χ1v) is 7.20. The van der Waals surface area contributed by atoms with E-state index in [-0.39, 0.29) is 23.8 Å². The SMILES string of the molecule is COc1cc(/C=C(\CC(=O)[O-])c2nc3ccccc3o2)ccc1O. The van der Waals surface area contributed by atoms with Crippen LogP contribution in [-0.4, -0.2) is 23.2 Å². The van der Waals surface area contributed by atoms with Gasteiger partial charge in [-0.25, -0.2) is 4.98 Å². The van der Waals surface area contributed by atoms with Gasteiger partial charge in [-0.1, -0.05) is 18.2 Å². The molecule has 0 saturated heterocycles. The summed E-state index contributed by atoms with van der Waals surface area (Å²) in [4.78, 5) is 15.4. The van der Waals surface area contributed by atoms with E-state index in [1.54, 1.807) is 30.3 Å². The van der Waals surface area contributed by atoms with Crippen molar-refractivity contribution in [2.24, 2.45) is 0 Å². The third kappa shape index (κ3) is 3.22. The lowest BCUT2D eigenvalue weighted by atomic mass is 10.1. The van der Waals surface area contributed by atoms with Crippen LogP contribution in [0.3, 0.4) is 0 Å². The smallest absolute Gasteiger partial charge is 0.223 e. The summed E-state index contributed by atoms with van der Waals surface area (Å²) >= 11 is 0. The van der Waals surface area contributed by atoms with Gasteiger partial charge < -0.3 is 24.2 Å². The van der Waals surface area contributed by atoms with Crippen molar-refractivity contribution in [3.8, 4) is 11.5 Å². The minimum atomic E-state index is -1.24. The molecule has 0 aliphatic carbocycles. The van der Waals surface area contributed by atoms with E-state index in [0.717, 1.165) is 0 Å². The van der Waals surface area contributed by atoms with E-state index in [2.05, 4.69) is 4.98 Å².